The smallest absolute Gasteiger partial charge is 0.336 e. The Balaban J connectivity index is 2.20. The molecule has 0 aromatic heterocycles. The van der Waals surface area contributed by atoms with Crippen molar-refractivity contribution in [2.24, 2.45) is 0 Å². The van der Waals surface area contributed by atoms with Gasteiger partial charge in [0.15, 0.2) is 6.10 Å². The van der Waals surface area contributed by atoms with Crippen molar-refractivity contribution in [3.8, 4) is 5.75 Å². The van der Waals surface area contributed by atoms with Crippen molar-refractivity contribution in [2.75, 3.05) is 26.0 Å². The molecule has 1 aromatic carbocycles. The van der Waals surface area contributed by atoms with Crippen LogP contribution in [0.1, 0.15) is 6.42 Å². The van der Waals surface area contributed by atoms with Crippen molar-refractivity contribution in [3.05, 3.63) is 24.3 Å². The number of aliphatic hydroxyl groups is 1. The molecule has 0 aliphatic rings. The van der Waals surface area contributed by atoms with E-state index in [2.05, 4.69) is 10.1 Å². The molecule has 0 saturated heterocycles. The quantitative estimate of drug-likeness (QED) is 0.467. The number of carbonyl (C=O) groups is 2. The fraction of sp³-hybridized carbons (Fsp3) is 0.385. The molecule has 0 bridgehead atoms. The Labute approximate surface area is 116 Å². The Morgan fingerprint density at radius 3 is 2.60 bits per heavy atom. The summed E-state index contributed by atoms with van der Waals surface area (Å²) in [6.07, 6.45) is -1.25. The molecule has 20 heavy (non-hydrogen) atoms. The molecule has 0 saturated carbocycles. The molecule has 1 amide bonds. The standard InChI is InChI=1S/C13H18N2O5/c1-19-13(18)11(16)8-15-12(17)6-7-20-10-4-2-9(14)3-5-10/h2-5,11,16H,6-8,14H2,1H3,(H,15,17). The molecule has 0 radical (unpaired) electrons. The van der Waals surface area contributed by atoms with E-state index in [-0.39, 0.29) is 25.5 Å². The van der Waals surface area contributed by atoms with E-state index in [0.717, 1.165) is 7.11 Å². The van der Waals surface area contributed by atoms with Crippen LogP contribution in [0.25, 0.3) is 0 Å². The third-order valence-electron chi connectivity index (χ3n) is 2.44. The monoisotopic (exact) mass is 282 g/mol. The summed E-state index contributed by atoms with van der Waals surface area (Å²) in [6.45, 7) is -0.00253. The normalized spacial score (nSPS) is 11.5. The highest BCUT2D eigenvalue weighted by molar-refractivity contribution is 5.78. The third kappa shape index (κ3) is 5.57. The Morgan fingerprint density at radius 2 is 2.00 bits per heavy atom. The molecule has 7 nitrogen and oxygen atoms in total. The summed E-state index contributed by atoms with van der Waals surface area (Å²) in [5, 5.41) is 11.7. The molecule has 0 aliphatic carbocycles. The van der Waals surface area contributed by atoms with Gasteiger partial charge in [0.1, 0.15) is 5.75 Å². The van der Waals surface area contributed by atoms with Crippen LogP contribution in [-0.2, 0) is 14.3 Å². The number of hydrogen-bond acceptors (Lipinski definition) is 6. The van der Waals surface area contributed by atoms with Crippen LogP contribution >= 0.6 is 0 Å². The summed E-state index contributed by atoms with van der Waals surface area (Å²) in [4.78, 5) is 22.3. The van der Waals surface area contributed by atoms with E-state index in [1.165, 1.54) is 0 Å². The summed E-state index contributed by atoms with van der Waals surface area (Å²) in [6, 6.07) is 6.80. The lowest BCUT2D eigenvalue weighted by Crippen LogP contribution is -2.37. The minimum atomic E-state index is -1.36. The van der Waals surface area contributed by atoms with E-state index in [4.69, 9.17) is 10.5 Å². The highest BCUT2D eigenvalue weighted by Crippen LogP contribution is 2.12. The van der Waals surface area contributed by atoms with Crippen LogP contribution in [0, 0.1) is 0 Å². The van der Waals surface area contributed by atoms with E-state index < -0.39 is 12.1 Å². The van der Waals surface area contributed by atoms with Crippen molar-refractivity contribution in [1.82, 2.24) is 5.32 Å². The van der Waals surface area contributed by atoms with Gasteiger partial charge in [0.25, 0.3) is 0 Å². The lowest BCUT2D eigenvalue weighted by molar-refractivity contribution is -0.150. The molecular formula is C13H18N2O5. The zero-order valence-electron chi connectivity index (χ0n) is 11.2. The molecule has 7 heteroatoms. The molecule has 1 unspecified atom stereocenters. The number of ether oxygens (including phenoxy) is 2. The summed E-state index contributed by atoms with van der Waals surface area (Å²) < 4.78 is 9.65. The molecule has 110 valence electrons. The van der Waals surface area contributed by atoms with Gasteiger partial charge in [0.2, 0.25) is 5.91 Å². The zero-order valence-corrected chi connectivity index (χ0v) is 11.2. The Hall–Kier alpha value is -2.28. The van der Waals surface area contributed by atoms with Crippen molar-refractivity contribution >= 4 is 17.6 Å². The lowest BCUT2D eigenvalue weighted by atomic mass is 10.3. The number of nitrogen functional groups attached to an aromatic ring is 1. The summed E-state index contributed by atoms with van der Waals surface area (Å²) in [7, 11) is 1.16. The molecule has 0 aliphatic heterocycles. The van der Waals surface area contributed by atoms with Crippen molar-refractivity contribution in [3.63, 3.8) is 0 Å². The number of hydrogen-bond donors (Lipinski definition) is 3. The summed E-state index contributed by atoms with van der Waals surface area (Å²) >= 11 is 0. The molecule has 1 aromatic rings. The Kier molecular flexibility index (Phi) is 6.31. The van der Waals surface area contributed by atoms with Crippen LogP contribution in [0.15, 0.2) is 24.3 Å². The number of nitrogens with one attached hydrogen (secondary N) is 1. The number of aliphatic hydroxyl groups excluding tert-OH is 1. The number of rotatable bonds is 7. The molecule has 0 spiro atoms. The topological polar surface area (TPSA) is 111 Å². The van der Waals surface area contributed by atoms with Gasteiger partial charge in [-0.1, -0.05) is 0 Å². The molecule has 0 heterocycles. The first-order valence-corrected chi connectivity index (χ1v) is 6.04. The fourth-order valence-corrected chi connectivity index (χ4v) is 1.34. The third-order valence-corrected chi connectivity index (χ3v) is 2.44. The van der Waals surface area contributed by atoms with Gasteiger partial charge in [0, 0.05) is 5.69 Å². The van der Waals surface area contributed by atoms with Crippen LogP contribution in [0.2, 0.25) is 0 Å². The number of amides is 1. The van der Waals surface area contributed by atoms with Gasteiger partial charge in [0.05, 0.1) is 26.7 Å². The van der Waals surface area contributed by atoms with Crippen molar-refractivity contribution < 1.29 is 24.2 Å². The van der Waals surface area contributed by atoms with Crippen LogP contribution in [0.3, 0.4) is 0 Å². The van der Waals surface area contributed by atoms with Crippen LogP contribution in [-0.4, -0.2) is 43.3 Å². The number of anilines is 1. The maximum absolute atomic E-state index is 11.4. The number of nitrogens with two attached hydrogens (primary N) is 1. The van der Waals surface area contributed by atoms with Gasteiger partial charge >= 0.3 is 5.97 Å². The Morgan fingerprint density at radius 1 is 1.35 bits per heavy atom. The van der Waals surface area contributed by atoms with E-state index >= 15 is 0 Å². The second-order valence-electron chi connectivity index (χ2n) is 4.01. The Bertz CT molecular complexity index is 447. The highest BCUT2D eigenvalue weighted by atomic mass is 16.5. The van der Waals surface area contributed by atoms with Crippen LogP contribution < -0.4 is 15.8 Å². The number of benzene rings is 1. The van der Waals surface area contributed by atoms with Gasteiger partial charge in [-0.05, 0) is 24.3 Å². The molecule has 0 fully saturated rings. The minimum absolute atomic E-state index is 0.109. The molecule has 4 N–H and O–H groups in total. The number of carbonyl (C=O) groups excluding carboxylic acids is 2. The number of methoxy groups -OCH3 is 1. The van der Waals surface area contributed by atoms with Crippen molar-refractivity contribution in [2.45, 2.75) is 12.5 Å². The van der Waals surface area contributed by atoms with E-state index in [1.54, 1.807) is 24.3 Å². The SMILES string of the molecule is COC(=O)C(O)CNC(=O)CCOc1ccc(N)cc1. The largest absolute Gasteiger partial charge is 0.493 e. The van der Waals surface area contributed by atoms with E-state index in [0.29, 0.717) is 11.4 Å². The lowest BCUT2D eigenvalue weighted by Gasteiger charge is -2.10. The van der Waals surface area contributed by atoms with Gasteiger partial charge in [-0.2, -0.15) is 0 Å². The second kappa shape index (κ2) is 8.00. The van der Waals surface area contributed by atoms with Crippen LogP contribution in [0.4, 0.5) is 5.69 Å². The average molecular weight is 282 g/mol. The molecule has 1 atom stereocenters. The van der Waals surface area contributed by atoms with Gasteiger partial charge in [-0.25, -0.2) is 4.79 Å². The van der Waals surface area contributed by atoms with Crippen LogP contribution in [0.5, 0.6) is 5.75 Å². The first-order valence-electron chi connectivity index (χ1n) is 6.04. The maximum atomic E-state index is 11.4. The molecular weight excluding hydrogens is 264 g/mol. The van der Waals surface area contributed by atoms with E-state index in [1.807, 2.05) is 0 Å². The zero-order chi connectivity index (χ0) is 15.0. The summed E-state index contributed by atoms with van der Waals surface area (Å²) in [5.41, 5.74) is 6.16. The van der Waals surface area contributed by atoms with Gasteiger partial charge in [-0.3, -0.25) is 4.79 Å². The van der Waals surface area contributed by atoms with Gasteiger partial charge in [-0.15, -0.1) is 0 Å². The number of esters is 1. The second-order valence-corrected chi connectivity index (χ2v) is 4.01. The predicted molar refractivity (Wildman–Crippen MR) is 72.0 cm³/mol. The van der Waals surface area contributed by atoms with Gasteiger partial charge < -0.3 is 25.6 Å². The average Bonchev–Trinajstić information content (AvgIpc) is 2.46. The summed E-state index contributed by atoms with van der Waals surface area (Å²) in [5.74, 6) is -0.506. The minimum Gasteiger partial charge on any atom is -0.493 e. The highest BCUT2D eigenvalue weighted by Gasteiger charge is 2.15. The van der Waals surface area contributed by atoms with E-state index in [9.17, 15) is 14.7 Å². The molecule has 1 rings (SSSR count). The fourth-order valence-electron chi connectivity index (χ4n) is 1.34. The maximum Gasteiger partial charge on any atom is 0.336 e. The first-order chi connectivity index (χ1) is 9.52. The van der Waals surface area contributed by atoms with Crippen molar-refractivity contribution in [1.29, 1.82) is 0 Å². The predicted octanol–water partition coefficient (Wildman–Crippen LogP) is -0.312. The first kappa shape index (κ1) is 15.8.